The highest BCUT2D eigenvalue weighted by molar-refractivity contribution is 7.10. The van der Waals surface area contributed by atoms with Crippen LogP contribution >= 0.6 is 11.3 Å². The second-order valence-electron chi connectivity index (χ2n) is 11.4. The quantitative estimate of drug-likeness (QED) is 0.555. The maximum atomic E-state index is 12.3. The topological polar surface area (TPSA) is 37.3 Å². The normalized spacial score (nSPS) is 47.4. The maximum Gasteiger partial charge on any atom is 0.133 e. The van der Waals surface area contributed by atoms with Crippen LogP contribution < -0.4 is 0 Å². The number of fused-ring (bicyclic) bond motifs is 5. The molecule has 0 radical (unpaired) electrons. The molecule has 1 aromatic rings. The molecule has 1 heterocycles. The second-order valence-corrected chi connectivity index (χ2v) is 12.4. The Bertz CT molecular complexity index is 878. The summed E-state index contributed by atoms with van der Waals surface area (Å²) in [7, 11) is 0. The van der Waals surface area contributed by atoms with E-state index in [9.17, 15) is 9.90 Å². The minimum Gasteiger partial charge on any atom is -0.378 e. The molecule has 1 aromatic heterocycles. The number of ketones is 1. The van der Waals surface area contributed by atoms with E-state index >= 15 is 0 Å². The van der Waals surface area contributed by atoms with E-state index in [1.54, 1.807) is 11.3 Å². The van der Waals surface area contributed by atoms with Gasteiger partial charge in [-0.15, -0.1) is 11.3 Å². The number of carbonyl (C=O) groups excluding carboxylic acids is 1. The number of rotatable bonds is 1. The van der Waals surface area contributed by atoms with Gasteiger partial charge >= 0.3 is 0 Å². The van der Waals surface area contributed by atoms with Crippen molar-refractivity contribution in [2.45, 2.75) is 84.2 Å². The summed E-state index contributed by atoms with van der Waals surface area (Å²) in [6.07, 6.45) is 10.1. The van der Waals surface area contributed by atoms with E-state index in [2.05, 4.69) is 25.7 Å². The van der Waals surface area contributed by atoms with Crippen molar-refractivity contribution < 1.29 is 9.90 Å². The summed E-state index contributed by atoms with van der Waals surface area (Å²) in [6.45, 7) is 6.78. The third-order valence-electron chi connectivity index (χ3n) is 10.2. The third-order valence-corrected chi connectivity index (χ3v) is 10.9. The van der Waals surface area contributed by atoms with Gasteiger partial charge in [-0.25, -0.2) is 0 Å². The van der Waals surface area contributed by atoms with Crippen LogP contribution in [-0.2, 0) is 4.79 Å². The molecule has 162 valence electrons. The molecule has 2 unspecified atom stereocenters. The van der Waals surface area contributed by atoms with Gasteiger partial charge in [-0.05, 0) is 111 Å². The monoisotopic (exact) mass is 424 g/mol. The third kappa shape index (κ3) is 3.13. The molecule has 0 saturated heterocycles. The molecule has 5 rings (SSSR count). The van der Waals surface area contributed by atoms with E-state index in [0.717, 1.165) is 48.3 Å². The number of hydrogen-bond acceptors (Lipinski definition) is 3. The van der Waals surface area contributed by atoms with Gasteiger partial charge in [0.2, 0.25) is 0 Å². The van der Waals surface area contributed by atoms with Crippen molar-refractivity contribution in [2.75, 3.05) is 0 Å². The molecule has 1 N–H and O–H groups in total. The zero-order valence-corrected chi connectivity index (χ0v) is 19.6. The van der Waals surface area contributed by atoms with Crippen molar-refractivity contribution in [1.82, 2.24) is 0 Å². The summed E-state index contributed by atoms with van der Waals surface area (Å²) in [5.41, 5.74) is -0.259. The van der Waals surface area contributed by atoms with Gasteiger partial charge in [0.05, 0.1) is 4.88 Å². The van der Waals surface area contributed by atoms with Crippen molar-refractivity contribution in [3.63, 3.8) is 0 Å². The SMILES string of the molecule is CC(=O)[C@H]1CC[C@H]2[C@@H]3CCC4CC(O)(C#Cc5cccs5)CC[C@]4(C)[C@H]3CC[C@]12C. The fourth-order valence-electron chi connectivity index (χ4n) is 8.55. The summed E-state index contributed by atoms with van der Waals surface area (Å²) >= 11 is 1.65. The van der Waals surface area contributed by atoms with Gasteiger partial charge in [-0.2, -0.15) is 0 Å². The Morgan fingerprint density at radius 2 is 1.87 bits per heavy atom. The summed E-state index contributed by atoms with van der Waals surface area (Å²) in [5.74, 6) is 10.0. The van der Waals surface area contributed by atoms with Crippen LogP contribution in [-0.4, -0.2) is 16.5 Å². The van der Waals surface area contributed by atoms with Crippen LogP contribution in [0.3, 0.4) is 0 Å². The first kappa shape index (κ1) is 20.8. The van der Waals surface area contributed by atoms with Crippen LogP contribution in [0.5, 0.6) is 0 Å². The van der Waals surface area contributed by atoms with Gasteiger partial charge in [0.25, 0.3) is 0 Å². The molecule has 4 saturated carbocycles. The Balaban J connectivity index is 1.36. The van der Waals surface area contributed by atoms with E-state index in [4.69, 9.17) is 0 Å². The summed E-state index contributed by atoms with van der Waals surface area (Å²) in [4.78, 5) is 13.4. The number of Topliss-reactive ketones (excluding diaryl/α,β-unsaturated/α-hetero) is 1. The van der Waals surface area contributed by atoms with E-state index in [-0.39, 0.29) is 11.3 Å². The Kier molecular flexibility index (Phi) is 4.99. The van der Waals surface area contributed by atoms with Crippen LogP contribution in [0.2, 0.25) is 0 Å². The standard InChI is InChI=1S/C27H36O2S/c1-18(28)22-8-9-23-21-7-6-19-17-27(29,13-10-20-5-4-16-30-20)15-14-25(19,2)24(21)11-12-26(22,23)3/h4-5,16,19,21-24,29H,6-9,11-12,14-15,17H2,1-3H3/t19?,21-,22+,23-,24-,25-,26+,27?/m0/s1. The summed E-state index contributed by atoms with van der Waals surface area (Å²) in [5, 5.41) is 13.3. The number of aliphatic hydroxyl groups is 1. The Labute approximate surface area is 185 Å². The first-order valence-electron chi connectivity index (χ1n) is 12.0. The molecule has 0 aromatic carbocycles. The highest BCUT2D eigenvalue weighted by Gasteiger charge is 2.61. The van der Waals surface area contributed by atoms with E-state index in [1.165, 1.54) is 32.1 Å². The lowest BCUT2D eigenvalue weighted by molar-refractivity contribution is -0.144. The molecule has 0 spiro atoms. The van der Waals surface area contributed by atoms with Gasteiger partial charge < -0.3 is 5.11 Å². The lowest BCUT2D eigenvalue weighted by atomic mass is 9.44. The molecule has 3 heteroatoms. The summed E-state index contributed by atoms with van der Waals surface area (Å²) < 4.78 is 0. The fourth-order valence-corrected chi connectivity index (χ4v) is 9.13. The van der Waals surface area contributed by atoms with Gasteiger partial charge in [0.1, 0.15) is 11.4 Å². The van der Waals surface area contributed by atoms with Crippen LogP contribution in [0.1, 0.15) is 83.4 Å². The lowest BCUT2D eigenvalue weighted by Gasteiger charge is -2.61. The maximum absolute atomic E-state index is 12.3. The molecule has 30 heavy (non-hydrogen) atoms. The first-order valence-corrected chi connectivity index (χ1v) is 12.9. The van der Waals surface area contributed by atoms with Crippen molar-refractivity contribution in [3.8, 4) is 11.8 Å². The average Bonchev–Trinajstić information content (AvgIpc) is 3.34. The predicted molar refractivity (Wildman–Crippen MR) is 122 cm³/mol. The Morgan fingerprint density at radius 1 is 1.07 bits per heavy atom. The molecule has 2 nitrogen and oxygen atoms in total. The van der Waals surface area contributed by atoms with E-state index < -0.39 is 5.60 Å². The van der Waals surface area contributed by atoms with Gasteiger partial charge in [-0.1, -0.05) is 31.8 Å². The van der Waals surface area contributed by atoms with Crippen LogP contribution in [0.15, 0.2) is 17.5 Å². The van der Waals surface area contributed by atoms with Crippen LogP contribution in [0, 0.1) is 52.3 Å². The minimum absolute atomic E-state index is 0.234. The minimum atomic E-state index is -0.822. The number of hydrogen-bond donors (Lipinski definition) is 1. The van der Waals surface area contributed by atoms with Crippen molar-refractivity contribution >= 4 is 17.1 Å². The van der Waals surface area contributed by atoms with Crippen LogP contribution in [0.25, 0.3) is 0 Å². The molecular weight excluding hydrogens is 388 g/mol. The zero-order chi connectivity index (χ0) is 21.1. The molecular formula is C27H36O2S. The van der Waals surface area contributed by atoms with Crippen molar-refractivity contribution in [2.24, 2.45) is 40.4 Å². The molecule has 0 aliphatic heterocycles. The van der Waals surface area contributed by atoms with Gasteiger partial charge in [-0.3, -0.25) is 4.79 Å². The first-order chi connectivity index (χ1) is 14.3. The average molecular weight is 425 g/mol. The summed E-state index contributed by atoms with van der Waals surface area (Å²) in [6, 6.07) is 4.06. The van der Waals surface area contributed by atoms with E-state index in [1.807, 2.05) is 24.4 Å². The highest BCUT2D eigenvalue weighted by atomic mass is 32.1. The number of thiophene rings is 1. The van der Waals surface area contributed by atoms with Crippen molar-refractivity contribution in [3.05, 3.63) is 22.4 Å². The van der Waals surface area contributed by atoms with Crippen molar-refractivity contribution in [1.29, 1.82) is 0 Å². The zero-order valence-electron chi connectivity index (χ0n) is 18.7. The highest BCUT2D eigenvalue weighted by Crippen LogP contribution is 2.68. The fraction of sp³-hybridized carbons (Fsp3) is 0.741. The van der Waals surface area contributed by atoms with Crippen LogP contribution in [0.4, 0.5) is 0 Å². The largest absolute Gasteiger partial charge is 0.378 e. The Hall–Kier alpha value is -1.11. The molecule has 4 aliphatic carbocycles. The smallest absolute Gasteiger partial charge is 0.133 e. The second kappa shape index (κ2) is 7.21. The lowest BCUT2D eigenvalue weighted by Crippen LogP contribution is -2.56. The molecule has 4 aliphatic rings. The molecule has 0 amide bonds. The van der Waals surface area contributed by atoms with Gasteiger partial charge in [0, 0.05) is 5.92 Å². The Morgan fingerprint density at radius 3 is 2.60 bits per heavy atom. The molecule has 4 fully saturated rings. The molecule has 8 atom stereocenters. The predicted octanol–water partition coefficient (Wildman–Crippen LogP) is 6.08. The molecule has 0 bridgehead atoms. The number of carbonyl (C=O) groups is 1. The van der Waals surface area contributed by atoms with E-state index in [0.29, 0.717) is 17.1 Å². The van der Waals surface area contributed by atoms with Gasteiger partial charge in [0.15, 0.2) is 0 Å².